The number of aromatic nitrogens is 2. The summed E-state index contributed by atoms with van der Waals surface area (Å²) in [6.45, 7) is 6.01. The number of thiophene rings is 1. The molecule has 0 radical (unpaired) electrons. The van der Waals surface area contributed by atoms with Crippen molar-refractivity contribution in [2.24, 2.45) is 0 Å². The predicted molar refractivity (Wildman–Crippen MR) is 126 cm³/mol. The van der Waals surface area contributed by atoms with Gasteiger partial charge in [-0.05, 0) is 31.4 Å². The highest BCUT2D eigenvalue weighted by Gasteiger charge is 2.19. The zero-order valence-corrected chi connectivity index (χ0v) is 18.7. The van der Waals surface area contributed by atoms with Crippen molar-refractivity contribution in [3.8, 4) is 11.1 Å². The number of benzene rings is 2. The summed E-state index contributed by atoms with van der Waals surface area (Å²) in [4.78, 5) is 32.3. The van der Waals surface area contributed by atoms with Crippen LogP contribution in [0.1, 0.15) is 35.4 Å². The number of nitrogens with zero attached hydrogens (tertiary/aromatic N) is 2. The van der Waals surface area contributed by atoms with Crippen molar-refractivity contribution in [3.05, 3.63) is 87.3 Å². The van der Waals surface area contributed by atoms with Crippen LogP contribution in [-0.4, -0.2) is 15.5 Å². The molecule has 0 spiro atoms. The molecule has 0 saturated heterocycles. The molecule has 4 rings (SSSR count). The number of rotatable bonds is 6. The van der Waals surface area contributed by atoms with Gasteiger partial charge in [0, 0.05) is 10.4 Å². The zero-order valence-electron chi connectivity index (χ0n) is 17.9. The van der Waals surface area contributed by atoms with Gasteiger partial charge in [-0.2, -0.15) is 0 Å². The monoisotopic (exact) mass is 431 g/mol. The van der Waals surface area contributed by atoms with Gasteiger partial charge in [-0.25, -0.2) is 4.98 Å². The number of aryl methyl sites for hydroxylation is 2. The smallest absolute Gasteiger partial charge is 0.263 e. The molecule has 4 aromatic rings. The van der Waals surface area contributed by atoms with Crippen molar-refractivity contribution in [1.29, 1.82) is 0 Å². The van der Waals surface area contributed by atoms with Crippen molar-refractivity contribution >= 4 is 27.5 Å². The fraction of sp³-hybridized carbons (Fsp3) is 0.240. The summed E-state index contributed by atoms with van der Waals surface area (Å²) in [6.07, 6.45) is 2.24. The molecule has 1 unspecified atom stereocenters. The molecule has 0 fully saturated rings. The van der Waals surface area contributed by atoms with Crippen LogP contribution in [-0.2, 0) is 11.3 Å². The summed E-state index contributed by atoms with van der Waals surface area (Å²) < 4.78 is 1.40. The predicted octanol–water partition coefficient (Wildman–Crippen LogP) is 5.01. The fourth-order valence-corrected chi connectivity index (χ4v) is 4.82. The number of hydrogen-bond donors (Lipinski definition) is 1. The van der Waals surface area contributed by atoms with Gasteiger partial charge in [0.25, 0.3) is 5.56 Å². The lowest BCUT2D eigenvalue weighted by molar-refractivity contribution is -0.122. The van der Waals surface area contributed by atoms with E-state index in [-0.39, 0.29) is 24.1 Å². The van der Waals surface area contributed by atoms with Gasteiger partial charge in [0.1, 0.15) is 11.4 Å². The number of carbonyl (C=O) groups excluding carboxylic acids is 1. The lowest BCUT2D eigenvalue weighted by Gasteiger charge is -2.18. The Balaban J connectivity index is 1.63. The molecule has 1 N–H and O–H groups in total. The number of nitrogens with one attached hydrogen (secondary N) is 1. The summed E-state index contributed by atoms with van der Waals surface area (Å²) in [7, 11) is 0. The highest BCUT2D eigenvalue weighted by atomic mass is 32.1. The lowest BCUT2D eigenvalue weighted by Crippen LogP contribution is -2.34. The van der Waals surface area contributed by atoms with E-state index >= 15 is 0 Å². The van der Waals surface area contributed by atoms with Crippen molar-refractivity contribution < 1.29 is 4.79 Å². The molecule has 0 aliphatic heterocycles. The van der Waals surface area contributed by atoms with Gasteiger partial charge in [-0.1, -0.05) is 67.1 Å². The van der Waals surface area contributed by atoms with Crippen molar-refractivity contribution in [1.82, 2.24) is 14.9 Å². The van der Waals surface area contributed by atoms with E-state index in [0.717, 1.165) is 28.0 Å². The quantitative estimate of drug-likeness (QED) is 0.467. The third kappa shape index (κ3) is 4.30. The zero-order chi connectivity index (χ0) is 22.0. The number of hydrogen-bond acceptors (Lipinski definition) is 4. The third-order valence-corrected chi connectivity index (χ3v) is 6.47. The van der Waals surface area contributed by atoms with Crippen LogP contribution >= 0.6 is 11.3 Å². The Morgan fingerprint density at radius 1 is 1.10 bits per heavy atom. The van der Waals surface area contributed by atoms with Crippen molar-refractivity contribution in [2.75, 3.05) is 0 Å². The largest absolute Gasteiger partial charge is 0.348 e. The standard InChI is InChI=1S/C25H25N3O2S/c1-4-20(18-12-10-16(2)11-13-18)27-21(29)14-28-15-26-24-23(25(28)30)22(17(3)31-24)19-8-6-5-7-9-19/h5-13,15,20H,4,14H2,1-3H3,(H,27,29). The maximum absolute atomic E-state index is 13.3. The second kappa shape index (κ2) is 8.86. The Morgan fingerprint density at radius 2 is 1.81 bits per heavy atom. The van der Waals surface area contributed by atoms with E-state index in [2.05, 4.69) is 10.3 Å². The molecule has 2 heterocycles. The molecule has 158 valence electrons. The van der Waals surface area contributed by atoms with Crippen LogP contribution in [0.15, 0.2) is 65.7 Å². The van der Waals surface area contributed by atoms with E-state index in [0.29, 0.717) is 10.2 Å². The molecule has 0 saturated carbocycles. The summed E-state index contributed by atoms with van der Waals surface area (Å²) in [5.41, 5.74) is 3.93. The summed E-state index contributed by atoms with van der Waals surface area (Å²) >= 11 is 1.50. The van der Waals surface area contributed by atoms with Crippen molar-refractivity contribution in [3.63, 3.8) is 0 Å². The van der Waals surface area contributed by atoms with Gasteiger partial charge >= 0.3 is 0 Å². The van der Waals surface area contributed by atoms with Gasteiger partial charge in [-0.15, -0.1) is 11.3 Å². The SMILES string of the molecule is CCC(NC(=O)Cn1cnc2sc(C)c(-c3ccccc3)c2c1=O)c1ccc(C)cc1. The minimum absolute atomic E-state index is 0.0622. The van der Waals surface area contributed by atoms with E-state index in [4.69, 9.17) is 0 Å². The van der Waals surface area contributed by atoms with E-state index < -0.39 is 0 Å². The Hall–Kier alpha value is -3.25. The molecule has 31 heavy (non-hydrogen) atoms. The number of fused-ring (bicyclic) bond motifs is 1. The van der Waals surface area contributed by atoms with Crippen LogP contribution in [0.25, 0.3) is 21.3 Å². The molecule has 6 heteroatoms. The van der Waals surface area contributed by atoms with Gasteiger partial charge in [0.2, 0.25) is 5.91 Å². The first-order valence-electron chi connectivity index (χ1n) is 10.4. The summed E-state index contributed by atoms with van der Waals surface area (Å²) in [5, 5.41) is 3.63. The topological polar surface area (TPSA) is 64.0 Å². The minimum Gasteiger partial charge on any atom is -0.348 e. The van der Waals surface area contributed by atoms with Crippen LogP contribution < -0.4 is 10.9 Å². The fourth-order valence-electron chi connectivity index (χ4n) is 3.82. The molecule has 0 bridgehead atoms. The van der Waals surface area contributed by atoms with Crippen LogP contribution in [0.5, 0.6) is 0 Å². The molecule has 1 atom stereocenters. The molecule has 5 nitrogen and oxygen atoms in total. The Bertz CT molecular complexity index is 1270. The second-order valence-electron chi connectivity index (χ2n) is 7.70. The van der Waals surface area contributed by atoms with Crippen LogP contribution in [0.4, 0.5) is 0 Å². The summed E-state index contributed by atoms with van der Waals surface area (Å²) in [6, 6.07) is 17.9. The van der Waals surface area contributed by atoms with Crippen molar-refractivity contribution in [2.45, 2.75) is 39.8 Å². The van der Waals surface area contributed by atoms with Crippen LogP contribution in [0.2, 0.25) is 0 Å². The van der Waals surface area contributed by atoms with Gasteiger partial charge in [0.05, 0.1) is 17.8 Å². The van der Waals surface area contributed by atoms with E-state index in [1.807, 2.05) is 75.4 Å². The normalized spacial score (nSPS) is 12.1. The first-order chi connectivity index (χ1) is 15.0. The second-order valence-corrected chi connectivity index (χ2v) is 8.90. The van der Waals surface area contributed by atoms with Gasteiger partial charge in [0.15, 0.2) is 0 Å². The van der Waals surface area contributed by atoms with Gasteiger partial charge in [-0.3, -0.25) is 14.2 Å². The minimum atomic E-state index is -0.205. The average Bonchev–Trinajstić information content (AvgIpc) is 3.12. The van der Waals surface area contributed by atoms with E-state index in [1.54, 1.807) is 0 Å². The Labute approximate surface area is 185 Å². The van der Waals surface area contributed by atoms with Crippen LogP contribution in [0, 0.1) is 13.8 Å². The molecular formula is C25H25N3O2S. The van der Waals surface area contributed by atoms with Gasteiger partial charge < -0.3 is 5.32 Å². The molecule has 0 aliphatic carbocycles. The number of amides is 1. The molecule has 2 aromatic heterocycles. The van der Waals surface area contributed by atoms with E-state index in [9.17, 15) is 9.59 Å². The van der Waals surface area contributed by atoms with E-state index in [1.165, 1.54) is 27.8 Å². The maximum atomic E-state index is 13.3. The molecule has 1 amide bonds. The molecule has 2 aromatic carbocycles. The first-order valence-corrected chi connectivity index (χ1v) is 11.2. The highest BCUT2D eigenvalue weighted by molar-refractivity contribution is 7.19. The highest BCUT2D eigenvalue weighted by Crippen LogP contribution is 2.35. The summed E-state index contributed by atoms with van der Waals surface area (Å²) in [5.74, 6) is -0.205. The third-order valence-electron chi connectivity index (χ3n) is 5.45. The first kappa shape index (κ1) is 21.0. The van der Waals surface area contributed by atoms with Crippen LogP contribution in [0.3, 0.4) is 0 Å². The molecule has 0 aliphatic rings. The maximum Gasteiger partial charge on any atom is 0.263 e. The Morgan fingerprint density at radius 3 is 2.48 bits per heavy atom. The lowest BCUT2D eigenvalue weighted by atomic mass is 10.0. The average molecular weight is 432 g/mol. The molecular weight excluding hydrogens is 406 g/mol. The number of carbonyl (C=O) groups is 1. The Kier molecular flexibility index (Phi) is 6.00.